The van der Waals surface area contributed by atoms with Gasteiger partial charge in [0, 0.05) is 25.9 Å². The van der Waals surface area contributed by atoms with E-state index in [1.165, 1.54) is 7.05 Å². The van der Waals surface area contributed by atoms with Gasteiger partial charge in [-0.3, -0.25) is 9.80 Å². The van der Waals surface area contributed by atoms with Crippen molar-refractivity contribution in [3.8, 4) is 11.1 Å². The summed E-state index contributed by atoms with van der Waals surface area (Å²) in [6.07, 6.45) is -0.474. The SMILES string of the molecule is CN(C(=O)OCC1c2ccccc2-c2ccccc21)[C@@H](CCN1CCCC(F)(F)C1)C(=O)O. The summed E-state index contributed by atoms with van der Waals surface area (Å²) in [5.41, 5.74) is 4.33. The fourth-order valence-electron chi connectivity index (χ4n) is 4.85. The molecule has 2 aromatic rings. The zero-order valence-corrected chi connectivity index (χ0v) is 18.5. The average Bonchev–Trinajstić information content (AvgIpc) is 3.10. The van der Waals surface area contributed by atoms with Crippen LogP contribution < -0.4 is 0 Å². The lowest BCUT2D eigenvalue weighted by molar-refractivity contribution is -0.142. The fourth-order valence-corrected chi connectivity index (χ4v) is 4.85. The third-order valence-corrected chi connectivity index (χ3v) is 6.57. The van der Waals surface area contributed by atoms with E-state index < -0.39 is 24.0 Å². The van der Waals surface area contributed by atoms with Crippen LogP contribution in [0.4, 0.5) is 13.6 Å². The van der Waals surface area contributed by atoms with Crippen LogP contribution >= 0.6 is 0 Å². The topological polar surface area (TPSA) is 70.1 Å². The number of carbonyl (C=O) groups excluding carboxylic acids is 1. The number of likely N-dealkylation sites (tertiary alicyclic amines) is 1. The van der Waals surface area contributed by atoms with E-state index in [2.05, 4.69) is 0 Å². The molecule has 33 heavy (non-hydrogen) atoms. The van der Waals surface area contributed by atoms with Gasteiger partial charge in [-0.15, -0.1) is 0 Å². The van der Waals surface area contributed by atoms with E-state index in [9.17, 15) is 23.5 Å². The van der Waals surface area contributed by atoms with E-state index in [4.69, 9.17) is 4.74 Å². The maximum Gasteiger partial charge on any atom is 0.410 e. The van der Waals surface area contributed by atoms with Gasteiger partial charge in [0.25, 0.3) is 5.92 Å². The molecule has 8 heteroatoms. The predicted molar refractivity (Wildman–Crippen MR) is 119 cm³/mol. The van der Waals surface area contributed by atoms with Gasteiger partial charge in [0.05, 0.1) is 6.54 Å². The van der Waals surface area contributed by atoms with Gasteiger partial charge >= 0.3 is 12.1 Å². The molecular formula is C25H28F2N2O4. The Hall–Kier alpha value is -3.00. The smallest absolute Gasteiger partial charge is 0.410 e. The van der Waals surface area contributed by atoms with Crippen LogP contribution in [0.3, 0.4) is 0 Å². The van der Waals surface area contributed by atoms with Crippen molar-refractivity contribution in [2.24, 2.45) is 0 Å². The highest BCUT2D eigenvalue weighted by Gasteiger charge is 2.36. The van der Waals surface area contributed by atoms with Gasteiger partial charge in [0.2, 0.25) is 0 Å². The van der Waals surface area contributed by atoms with Crippen LogP contribution in [-0.4, -0.2) is 72.2 Å². The summed E-state index contributed by atoms with van der Waals surface area (Å²) in [5.74, 6) is -4.07. The van der Waals surface area contributed by atoms with Crippen LogP contribution in [-0.2, 0) is 9.53 Å². The molecule has 1 amide bonds. The molecule has 0 aromatic heterocycles. The molecule has 2 aromatic carbocycles. The van der Waals surface area contributed by atoms with E-state index in [0.29, 0.717) is 13.0 Å². The highest BCUT2D eigenvalue weighted by Crippen LogP contribution is 2.44. The zero-order valence-electron chi connectivity index (χ0n) is 18.5. The number of amides is 1. The van der Waals surface area contributed by atoms with Gasteiger partial charge in [-0.25, -0.2) is 18.4 Å². The van der Waals surface area contributed by atoms with Crippen LogP contribution in [0.2, 0.25) is 0 Å². The number of fused-ring (bicyclic) bond motifs is 3. The van der Waals surface area contributed by atoms with E-state index in [1.807, 2.05) is 48.5 Å². The Bertz CT molecular complexity index is 983. The van der Waals surface area contributed by atoms with Gasteiger partial charge in [-0.1, -0.05) is 48.5 Å². The van der Waals surface area contributed by atoms with Crippen LogP contribution in [0.5, 0.6) is 0 Å². The fraction of sp³-hybridized carbons (Fsp3) is 0.440. The maximum absolute atomic E-state index is 13.6. The van der Waals surface area contributed by atoms with Gasteiger partial charge < -0.3 is 9.84 Å². The summed E-state index contributed by atoms with van der Waals surface area (Å²) in [6.45, 7) is 0.375. The molecular weight excluding hydrogens is 430 g/mol. The molecule has 176 valence electrons. The third kappa shape index (κ3) is 5.00. The summed E-state index contributed by atoms with van der Waals surface area (Å²) < 4.78 is 32.8. The van der Waals surface area contributed by atoms with E-state index >= 15 is 0 Å². The number of hydrogen-bond donors (Lipinski definition) is 1. The molecule has 0 spiro atoms. The molecule has 1 heterocycles. The Morgan fingerprint density at radius 2 is 1.76 bits per heavy atom. The van der Waals surface area contributed by atoms with Crippen molar-refractivity contribution in [1.82, 2.24) is 9.80 Å². The van der Waals surface area contributed by atoms with Gasteiger partial charge in [-0.2, -0.15) is 0 Å². The minimum atomic E-state index is -2.75. The van der Waals surface area contributed by atoms with Gasteiger partial charge in [-0.05, 0) is 41.6 Å². The first-order valence-electron chi connectivity index (χ1n) is 11.2. The second-order valence-electron chi connectivity index (χ2n) is 8.79. The summed E-state index contributed by atoms with van der Waals surface area (Å²) >= 11 is 0. The molecule has 1 fully saturated rings. The van der Waals surface area contributed by atoms with Crippen molar-refractivity contribution in [2.75, 3.05) is 33.3 Å². The molecule has 0 unspecified atom stereocenters. The van der Waals surface area contributed by atoms with Crippen molar-refractivity contribution < 1.29 is 28.2 Å². The molecule has 4 rings (SSSR count). The summed E-state index contributed by atoms with van der Waals surface area (Å²) in [6, 6.07) is 14.7. The zero-order chi connectivity index (χ0) is 23.6. The van der Waals surface area contributed by atoms with Crippen molar-refractivity contribution >= 4 is 12.1 Å². The van der Waals surface area contributed by atoms with Crippen molar-refractivity contribution in [2.45, 2.75) is 37.1 Å². The molecule has 0 radical (unpaired) electrons. The Labute approximate surface area is 191 Å². The number of piperidine rings is 1. The number of aliphatic carboxylic acids is 1. The van der Waals surface area contributed by atoms with E-state index in [0.717, 1.165) is 27.2 Å². The number of likely N-dealkylation sites (N-methyl/N-ethyl adjacent to an activating group) is 1. The molecule has 0 saturated carbocycles. The van der Waals surface area contributed by atoms with Crippen LogP contribution in [0.15, 0.2) is 48.5 Å². The molecule has 1 aliphatic heterocycles. The van der Waals surface area contributed by atoms with E-state index in [-0.39, 0.29) is 38.5 Å². The number of carboxylic acid groups (broad SMARTS) is 1. The number of rotatable bonds is 7. The predicted octanol–water partition coefficient (Wildman–Crippen LogP) is 4.44. The van der Waals surface area contributed by atoms with Crippen molar-refractivity contribution in [1.29, 1.82) is 0 Å². The molecule has 1 aliphatic carbocycles. The third-order valence-electron chi connectivity index (χ3n) is 6.57. The first-order chi connectivity index (χ1) is 15.8. The minimum Gasteiger partial charge on any atom is -0.480 e. The van der Waals surface area contributed by atoms with Crippen LogP contribution in [0, 0.1) is 0 Å². The quantitative estimate of drug-likeness (QED) is 0.664. The Morgan fingerprint density at radius 1 is 1.15 bits per heavy atom. The van der Waals surface area contributed by atoms with Gasteiger partial charge in [0.1, 0.15) is 12.6 Å². The summed E-state index contributed by atoms with van der Waals surface area (Å²) in [5, 5.41) is 9.65. The Balaban J connectivity index is 1.38. The van der Waals surface area contributed by atoms with Crippen molar-refractivity contribution in [3.05, 3.63) is 59.7 Å². The number of halogens is 2. The average molecular weight is 459 g/mol. The van der Waals surface area contributed by atoms with Gasteiger partial charge in [0.15, 0.2) is 0 Å². The lowest BCUT2D eigenvalue weighted by Gasteiger charge is -2.33. The highest BCUT2D eigenvalue weighted by atomic mass is 19.3. The number of ether oxygens (including phenoxy) is 1. The molecule has 1 atom stereocenters. The molecule has 2 aliphatic rings. The number of nitrogens with zero attached hydrogens (tertiary/aromatic N) is 2. The first kappa shape index (κ1) is 23.2. The standard InChI is InChI=1S/C25H28F2N2O4/c1-28(22(23(30)31)11-14-29-13-6-12-25(26,27)16-29)24(32)33-15-21-19-9-4-2-7-17(19)18-8-3-5-10-20(18)21/h2-5,7-10,21-22H,6,11-16H2,1H3,(H,30,31)/t22-/m0/s1. The Morgan fingerprint density at radius 3 is 2.33 bits per heavy atom. The van der Waals surface area contributed by atoms with Crippen molar-refractivity contribution in [3.63, 3.8) is 0 Å². The number of alkyl halides is 2. The minimum absolute atomic E-state index is 0.0477. The number of carboxylic acids is 1. The molecule has 1 N–H and O–H groups in total. The largest absolute Gasteiger partial charge is 0.480 e. The highest BCUT2D eigenvalue weighted by molar-refractivity contribution is 5.81. The maximum atomic E-state index is 13.6. The number of carbonyl (C=O) groups is 2. The van der Waals surface area contributed by atoms with E-state index in [1.54, 1.807) is 4.90 Å². The molecule has 6 nitrogen and oxygen atoms in total. The summed E-state index contributed by atoms with van der Waals surface area (Å²) in [7, 11) is 1.38. The first-order valence-corrected chi connectivity index (χ1v) is 11.2. The second-order valence-corrected chi connectivity index (χ2v) is 8.79. The summed E-state index contributed by atoms with van der Waals surface area (Å²) in [4.78, 5) is 27.2. The van der Waals surface area contributed by atoms with Crippen LogP contribution in [0.25, 0.3) is 11.1 Å². The molecule has 1 saturated heterocycles. The number of benzene rings is 2. The second kappa shape index (κ2) is 9.47. The lowest BCUT2D eigenvalue weighted by atomic mass is 9.98. The lowest BCUT2D eigenvalue weighted by Crippen LogP contribution is -2.47. The normalized spacial score (nSPS) is 18.3. The molecule has 0 bridgehead atoms. The Kier molecular flexibility index (Phi) is 6.65. The number of hydrogen-bond acceptors (Lipinski definition) is 4. The monoisotopic (exact) mass is 458 g/mol. The van der Waals surface area contributed by atoms with Crippen LogP contribution in [0.1, 0.15) is 36.3 Å².